The van der Waals surface area contributed by atoms with E-state index in [2.05, 4.69) is 6.58 Å². The van der Waals surface area contributed by atoms with Crippen LogP contribution in [-0.4, -0.2) is 69.8 Å². The van der Waals surface area contributed by atoms with E-state index in [0.717, 1.165) is 18.9 Å². The fraction of sp³-hybridized carbons (Fsp3) is 0.905. The summed E-state index contributed by atoms with van der Waals surface area (Å²) in [4.78, 5) is 0. The van der Waals surface area contributed by atoms with E-state index >= 15 is 0 Å². The van der Waals surface area contributed by atoms with Crippen LogP contribution in [0.15, 0.2) is 12.7 Å². The highest BCUT2D eigenvalue weighted by molar-refractivity contribution is 6.60. The highest BCUT2D eigenvalue weighted by Crippen LogP contribution is 2.21. The van der Waals surface area contributed by atoms with Crippen molar-refractivity contribution in [3.63, 3.8) is 0 Å². The minimum atomic E-state index is -2.75. The number of hydrogen-bond donors (Lipinski definition) is 0. The van der Waals surface area contributed by atoms with Crippen LogP contribution in [0.1, 0.15) is 57.8 Å². The van der Waals surface area contributed by atoms with Gasteiger partial charge in [0.2, 0.25) is 0 Å². The predicted octanol–water partition coefficient (Wildman–Crippen LogP) is 4.61. The Kier molecular flexibility index (Phi) is 21.2. The van der Waals surface area contributed by atoms with Crippen LogP contribution in [0.4, 0.5) is 0 Å². The molecule has 168 valence electrons. The third-order valence-corrected chi connectivity index (χ3v) is 7.37. The topological polar surface area (TPSA) is 55.4 Å². The number of unbranched alkanes of at least 4 members (excludes halogenated alkanes) is 8. The van der Waals surface area contributed by atoms with Gasteiger partial charge in [-0.3, -0.25) is 0 Å². The molecule has 0 aromatic carbocycles. The minimum Gasteiger partial charge on any atom is -0.382 e. The van der Waals surface area contributed by atoms with Crippen molar-refractivity contribution in [1.29, 1.82) is 0 Å². The molecule has 6 nitrogen and oxygen atoms in total. The van der Waals surface area contributed by atoms with Crippen molar-refractivity contribution in [3.8, 4) is 0 Å². The van der Waals surface area contributed by atoms with Gasteiger partial charge in [-0.2, -0.15) is 0 Å². The minimum absolute atomic E-state index is 0.480. The lowest BCUT2D eigenvalue weighted by Crippen LogP contribution is -2.48. The standard InChI is InChI=1S/C21H44O6Si/c1-5-6-7-8-9-10-11-12-13-14-21-28(25-18-15-22-2,26-19-16-23-3)27-20-17-24-4/h5H,1,6-21H2,2-4H3. The summed E-state index contributed by atoms with van der Waals surface area (Å²) in [6, 6.07) is 0.823. The first-order valence-corrected chi connectivity index (χ1v) is 12.7. The Morgan fingerprint density at radius 1 is 0.571 bits per heavy atom. The molecule has 0 aromatic heterocycles. The molecule has 0 aromatic rings. The van der Waals surface area contributed by atoms with Crippen molar-refractivity contribution in [2.24, 2.45) is 0 Å². The van der Waals surface area contributed by atoms with Gasteiger partial charge in [-0.25, -0.2) is 0 Å². The summed E-state index contributed by atoms with van der Waals surface area (Å²) in [5.41, 5.74) is 0. The highest BCUT2D eigenvalue weighted by atomic mass is 28.4. The highest BCUT2D eigenvalue weighted by Gasteiger charge is 2.40. The van der Waals surface area contributed by atoms with Crippen molar-refractivity contribution in [2.75, 3.05) is 61.0 Å². The van der Waals surface area contributed by atoms with Crippen molar-refractivity contribution in [1.82, 2.24) is 0 Å². The second kappa shape index (κ2) is 21.4. The average molecular weight is 421 g/mol. The molecule has 0 N–H and O–H groups in total. The summed E-state index contributed by atoms with van der Waals surface area (Å²) < 4.78 is 33.7. The van der Waals surface area contributed by atoms with Crippen LogP contribution in [-0.2, 0) is 27.5 Å². The van der Waals surface area contributed by atoms with Crippen LogP contribution in [0.3, 0.4) is 0 Å². The zero-order valence-electron chi connectivity index (χ0n) is 18.5. The summed E-state index contributed by atoms with van der Waals surface area (Å²) in [6.07, 6.45) is 13.2. The Balaban J connectivity index is 4.27. The van der Waals surface area contributed by atoms with Gasteiger partial charge in [0.25, 0.3) is 0 Å². The molecule has 0 radical (unpaired) electrons. The van der Waals surface area contributed by atoms with Crippen LogP contribution in [0.5, 0.6) is 0 Å². The van der Waals surface area contributed by atoms with Crippen LogP contribution < -0.4 is 0 Å². The Morgan fingerprint density at radius 2 is 0.964 bits per heavy atom. The fourth-order valence-electron chi connectivity index (χ4n) is 2.87. The Bertz CT molecular complexity index is 303. The number of methoxy groups -OCH3 is 3. The second-order valence-corrected chi connectivity index (χ2v) is 9.59. The molecule has 0 aliphatic heterocycles. The van der Waals surface area contributed by atoms with E-state index in [4.69, 9.17) is 27.5 Å². The van der Waals surface area contributed by atoms with E-state index in [1.54, 1.807) is 21.3 Å². The number of hydrogen-bond acceptors (Lipinski definition) is 6. The average Bonchev–Trinajstić information content (AvgIpc) is 2.70. The van der Waals surface area contributed by atoms with Crippen molar-refractivity contribution >= 4 is 8.80 Å². The first kappa shape index (κ1) is 27.7. The molecule has 0 spiro atoms. The van der Waals surface area contributed by atoms with Crippen LogP contribution >= 0.6 is 0 Å². The molecule has 0 saturated carbocycles. The summed E-state index contributed by atoms with van der Waals surface area (Å²) in [6.45, 7) is 6.80. The lowest BCUT2D eigenvalue weighted by molar-refractivity contribution is 0.0142. The molecule has 0 unspecified atom stereocenters. The lowest BCUT2D eigenvalue weighted by atomic mass is 10.1. The monoisotopic (exact) mass is 420 g/mol. The molecule has 0 bridgehead atoms. The third-order valence-electron chi connectivity index (χ3n) is 4.47. The zero-order chi connectivity index (χ0) is 20.8. The van der Waals surface area contributed by atoms with Gasteiger partial charge in [0.05, 0.1) is 39.6 Å². The molecule has 28 heavy (non-hydrogen) atoms. The molecule has 0 aliphatic carbocycles. The van der Waals surface area contributed by atoms with Gasteiger partial charge in [0.1, 0.15) is 0 Å². The van der Waals surface area contributed by atoms with Crippen molar-refractivity contribution < 1.29 is 27.5 Å². The summed E-state index contributed by atoms with van der Waals surface area (Å²) >= 11 is 0. The van der Waals surface area contributed by atoms with Crippen molar-refractivity contribution in [3.05, 3.63) is 12.7 Å². The third kappa shape index (κ3) is 16.7. The smallest absolute Gasteiger partial charge is 0.382 e. The normalized spacial score (nSPS) is 11.8. The van der Waals surface area contributed by atoms with E-state index < -0.39 is 8.80 Å². The molecule has 0 saturated heterocycles. The van der Waals surface area contributed by atoms with E-state index in [0.29, 0.717) is 39.6 Å². The number of ether oxygens (including phenoxy) is 3. The molecule has 0 fully saturated rings. The van der Waals surface area contributed by atoms with E-state index in [9.17, 15) is 0 Å². The Labute approximate surface area is 174 Å². The fourth-order valence-corrected chi connectivity index (χ4v) is 5.42. The maximum atomic E-state index is 6.10. The first-order chi connectivity index (χ1) is 13.7. The molecule has 0 aliphatic rings. The molecule has 0 heterocycles. The number of allylic oxidation sites excluding steroid dienone is 1. The molecule has 0 atom stereocenters. The van der Waals surface area contributed by atoms with E-state index in [1.165, 1.54) is 44.9 Å². The van der Waals surface area contributed by atoms with Crippen LogP contribution in [0.2, 0.25) is 6.04 Å². The maximum absolute atomic E-state index is 6.10. The SMILES string of the molecule is C=CCCCCCCCCCC[Si](OCCOC)(OCCOC)OCCOC. The molecule has 0 amide bonds. The maximum Gasteiger partial charge on any atom is 0.501 e. The van der Waals surface area contributed by atoms with Gasteiger partial charge in [0, 0.05) is 27.4 Å². The molecular formula is C21H44O6Si. The van der Waals surface area contributed by atoms with Crippen LogP contribution in [0.25, 0.3) is 0 Å². The predicted molar refractivity (Wildman–Crippen MR) is 116 cm³/mol. The second-order valence-electron chi connectivity index (χ2n) is 6.86. The lowest BCUT2D eigenvalue weighted by Gasteiger charge is -2.29. The van der Waals surface area contributed by atoms with Gasteiger partial charge in [-0.1, -0.05) is 44.6 Å². The molecule has 7 heteroatoms. The van der Waals surface area contributed by atoms with Gasteiger partial charge in [-0.15, -0.1) is 6.58 Å². The Hall–Kier alpha value is -0.283. The number of rotatable bonds is 23. The van der Waals surface area contributed by atoms with Gasteiger partial charge >= 0.3 is 8.80 Å². The van der Waals surface area contributed by atoms with Gasteiger partial charge in [0.15, 0.2) is 0 Å². The van der Waals surface area contributed by atoms with Gasteiger partial charge in [-0.05, 0) is 19.3 Å². The van der Waals surface area contributed by atoms with E-state index in [-0.39, 0.29) is 0 Å². The molecular weight excluding hydrogens is 376 g/mol. The van der Waals surface area contributed by atoms with E-state index in [1.807, 2.05) is 6.08 Å². The van der Waals surface area contributed by atoms with Crippen molar-refractivity contribution in [2.45, 2.75) is 63.8 Å². The summed E-state index contributed by atoms with van der Waals surface area (Å²) in [5.74, 6) is 0. The quantitative estimate of drug-likeness (QED) is 0.137. The largest absolute Gasteiger partial charge is 0.501 e. The van der Waals surface area contributed by atoms with Crippen LogP contribution in [0, 0.1) is 0 Å². The Morgan fingerprint density at radius 3 is 1.36 bits per heavy atom. The first-order valence-electron chi connectivity index (χ1n) is 10.7. The summed E-state index contributed by atoms with van der Waals surface area (Å²) in [7, 11) is 2.26. The molecule has 0 rings (SSSR count). The zero-order valence-corrected chi connectivity index (χ0v) is 19.5. The van der Waals surface area contributed by atoms with Gasteiger partial charge < -0.3 is 27.5 Å². The summed E-state index contributed by atoms with van der Waals surface area (Å²) in [5, 5.41) is 0.